The van der Waals surface area contributed by atoms with Gasteiger partial charge >= 0.3 is 0 Å². The zero-order valence-corrected chi connectivity index (χ0v) is 21.5. The molecular formula is C27H26N6O3S. The first-order valence-electron chi connectivity index (χ1n) is 11.8. The number of aromatic nitrogens is 3. The molecule has 1 aliphatic rings. The van der Waals surface area contributed by atoms with Crippen molar-refractivity contribution in [2.45, 2.75) is 32.5 Å². The molecule has 37 heavy (non-hydrogen) atoms. The molecule has 1 aliphatic heterocycles. The van der Waals surface area contributed by atoms with Crippen molar-refractivity contribution in [3.05, 3.63) is 112 Å². The Balaban J connectivity index is 1.66. The Morgan fingerprint density at radius 2 is 1.89 bits per heavy atom. The van der Waals surface area contributed by atoms with Crippen LogP contribution in [0.15, 0.2) is 73.2 Å². The summed E-state index contributed by atoms with van der Waals surface area (Å²) in [4.78, 5) is 22.1. The number of pyridine rings is 2. The largest absolute Gasteiger partial charge is 0.495 e. The van der Waals surface area contributed by atoms with Crippen molar-refractivity contribution in [3.8, 4) is 11.4 Å². The van der Waals surface area contributed by atoms with E-state index in [0.717, 1.165) is 28.2 Å². The number of hydrogen-bond donors (Lipinski definition) is 1. The van der Waals surface area contributed by atoms with Crippen molar-refractivity contribution in [2.24, 2.45) is 0 Å². The molecule has 0 saturated carbocycles. The van der Waals surface area contributed by atoms with Crippen molar-refractivity contribution >= 4 is 23.0 Å². The number of ether oxygens (including phenoxy) is 1. The van der Waals surface area contributed by atoms with Crippen molar-refractivity contribution in [2.75, 3.05) is 7.11 Å². The van der Waals surface area contributed by atoms with Gasteiger partial charge in [0.1, 0.15) is 5.75 Å². The third kappa shape index (κ3) is 4.51. The number of nitro groups is 1. The molecule has 1 aromatic carbocycles. The summed E-state index contributed by atoms with van der Waals surface area (Å²) in [5.74, 6) is 0.550. The van der Waals surface area contributed by atoms with Crippen LogP contribution < -0.4 is 10.1 Å². The molecule has 4 aromatic rings. The number of benzene rings is 1. The molecular weight excluding hydrogens is 488 g/mol. The maximum Gasteiger partial charge on any atom is 0.271 e. The minimum absolute atomic E-state index is 0.000707. The van der Waals surface area contributed by atoms with Crippen LogP contribution in [-0.2, 0) is 6.54 Å². The first kappa shape index (κ1) is 24.4. The van der Waals surface area contributed by atoms with E-state index in [0.29, 0.717) is 23.1 Å². The summed E-state index contributed by atoms with van der Waals surface area (Å²) in [6, 6.07) is 16.2. The van der Waals surface area contributed by atoms with Gasteiger partial charge in [0.15, 0.2) is 5.11 Å². The van der Waals surface area contributed by atoms with Crippen molar-refractivity contribution in [1.29, 1.82) is 0 Å². The second kappa shape index (κ2) is 9.98. The summed E-state index contributed by atoms with van der Waals surface area (Å²) in [7, 11) is 1.56. The van der Waals surface area contributed by atoms with Crippen molar-refractivity contribution in [1.82, 2.24) is 24.8 Å². The number of methoxy groups -OCH3 is 1. The van der Waals surface area contributed by atoms with E-state index in [-0.39, 0.29) is 17.8 Å². The molecule has 5 rings (SSSR count). The van der Waals surface area contributed by atoms with E-state index in [1.807, 2.05) is 48.7 Å². The lowest BCUT2D eigenvalue weighted by atomic mass is 9.96. The monoisotopic (exact) mass is 514 g/mol. The van der Waals surface area contributed by atoms with Crippen LogP contribution in [0.2, 0.25) is 0 Å². The average molecular weight is 515 g/mol. The number of nitrogens with one attached hydrogen (secondary N) is 1. The summed E-state index contributed by atoms with van der Waals surface area (Å²) in [5, 5.41) is 15.7. The maximum absolute atomic E-state index is 11.5. The normalized spacial score (nSPS) is 17.1. The fourth-order valence-electron chi connectivity index (χ4n) is 5.02. The Bertz CT molecular complexity index is 1460. The van der Waals surface area contributed by atoms with Crippen LogP contribution in [0.3, 0.4) is 0 Å². The molecule has 0 aliphatic carbocycles. The first-order chi connectivity index (χ1) is 17.9. The van der Waals surface area contributed by atoms with E-state index in [1.165, 1.54) is 6.07 Å². The van der Waals surface area contributed by atoms with Gasteiger partial charge in [0, 0.05) is 48.7 Å². The number of thiocarbonyl (C=S) groups is 1. The SMILES string of the molecule is COc1ccc([N+](=O)[O-])cc1-n1c(C)cc([C@H]2[C@H](c3ccccn3)NC(=S)N2Cc2ccncc2)c1C. The Kier molecular flexibility index (Phi) is 6.58. The average Bonchev–Trinajstić information content (AvgIpc) is 3.39. The lowest BCUT2D eigenvalue weighted by Gasteiger charge is -2.28. The van der Waals surface area contributed by atoms with Gasteiger partial charge in [0.05, 0.1) is 35.5 Å². The molecule has 10 heteroatoms. The molecule has 2 atom stereocenters. The summed E-state index contributed by atoms with van der Waals surface area (Å²) >= 11 is 5.83. The Morgan fingerprint density at radius 1 is 1.11 bits per heavy atom. The smallest absolute Gasteiger partial charge is 0.271 e. The minimum atomic E-state index is -0.398. The Hall–Kier alpha value is -4.31. The molecule has 3 aromatic heterocycles. The predicted octanol–water partition coefficient (Wildman–Crippen LogP) is 4.97. The molecule has 0 bridgehead atoms. The molecule has 9 nitrogen and oxygen atoms in total. The lowest BCUT2D eigenvalue weighted by Crippen LogP contribution is -2.29. The molecule has 1 saturated heterocycles. The topological polar surface area (TPSA) is 98.3 Å². The van der Waals surface area contributed by atoms with Gasteiger partial charge in [-0.2, -0.15) is 0 Å². The summed E-state index contributed by atoms with van der Waals surface area (Å²) in [5.41, 5.74) is 5.48. The van der Waals surface area contributed by atoms with Gasteiger partial charge in [-0.05, 0) is 73.6 Å². The molecule has 0 amide bonds. The summed E-state index contributed by atoms with van der Waals surface area (Å²) in [6.07, 6.45) is 5.32. The molecule has 0 spiro atoms. The van der Waals surface area contributed by atoms with Crippen LogP contribution in [0.25, 0.3) is 5.69 Å². The highest BCUT2D eigenvalue weighted by Gasteiger charge is 2.41. The van der Waals surface area contributed by atoms with E-state index >= 15 is 0 Å². The van der Waals surface area contributed by atoms with Crippen LogP contribution in [0.5, 0.6) is 5.75 Å². The third-order valence-corrected chi connectivity index (χ3v) is 7.06. The fourth-order valence-corrected chi connectivity index (χ4v) is 5.33. The molecule has 4 heterocycles. The number of non-ortho nitro benzene ring substituents is 1. The number of nitrogens with zero attached hydrogens (tertiary/aromatic N) is 5. The van der Waals surface area contributed by atoms with Gasteiger partial charge in [0.25, 0.3) is 5.69 Å². The minimum Gasteiger partial charge on any atom is -0.495 e. The third-order valence-electron chi connectivity index (χ3n) is 6.70. The molecule has 0 unspecified atom stereocenters. The Labute approximate surface area is 219 Å². The molecule has 0 radical (unpaired) electrons. The summed E-state index contributed by atoms with van der Waals surface area (Å²) < 4.78 is 7.59. The zero-order valence-electron chi connectivity index (χ0n) is 20.7. The second-order valence-electron chi connectivity index (χ2n) is 8.89. The van der Waals surface area contributed by atoms with E-state index in [4.69, 9.17) is 17.0 Å². The van der Waals surface area contributed by atoms with Crippen molar-refractivity contribution < 1.29 is 9.66 Å². The van der Waals surface area contributed by atoms with E-state index in [1.54, 1.807) is 37.8 Å². The van der Waals surface area contributed by atoms with Crippen LogP contribution >= 0.6 is 12.2 Å². The van der Waals surface area contributed by atoms with E-state index in [9.17, 15) is 10.1 Å². The van der Waals surface area contributed by atoms with Gasteiger partial charge in [-0.25, -0.2) is 0 Å². The highest BCUT2D eigenvalue weighted by atomic mass is 32.1. The Morgan fingerprint density at radius 3 is 2.57 bits per heavy atom. The van der Waals surface area contributed by atoms with Gasteiger partial charge in [-0.3, -0.25) is 20.1 Å². The number of hydrogen-bond acceptors (Lipinski definition) is 6. The fraction of sp³-hybridized carbons (Fsp3) is 0.222. The highest BCUT2D eigenvalue weighted by Crippen LogP contribution is 2.43. The van der Waals surface area contributed by atoms with Gasteiger partial charge in [-0.1, -0.05) is 6.07 Å². The standard InChI is InChI=1S/C27H26N6O3S/c1-17-14-21(18(2)32(17)23-15-20(33(34)35)7-8-24(23)36-3)26-25(22-6-4-5-11-29-22)30-27(37)31(26)16-19-9-12-28-13-10-19/h4-15,25-26H,16H2,1-3H3,(H,30,37)/t25-,26-/m0/s1. The van der Waals surface area contributed by atoms with Crippen LogP contribution in [-0.4, -0.2) is 36.6 Å². The van der Waals surface area contributed by atoms with Crippen LogP contribution in [0.4, 0.5) is 5.69 Å². The second-order valence-corrected chi connectivity index (χ2v) is 9.27. The summed E-state index contributed by atoms with van der Waals surface area (Å²) in [6.45, 7) is 4.59. The van der Waals surface area contributed by atoms with Gasteiger partial charge < -0.3 is 19.5 Å². The predicted molar refractivity (Wildman–Crippen MR) is 144 cm³/mol. The lowest BCUT2D eigenvalue weighted by molar-refractivity contribution is -0.384. The maximum atomic E-state index is 11.5. The highest BCUT2D eigenvalue weighted by molar-refractivity contribution is 7.80. The molecule has 1 N–H and O–H groups in total. The first-order valence-corrected chi connectivity index (χ1v) is 12.2. The van der Waals surface area contributed by atoms with E-state index in [2.05, 4.69) is 26.3 Å². The van der Waals surface area contributed by atoms with E-state index < -0.39 is 4.92 Å². The van der Waals surface area contributed by atoms with Crippen LogP contribution in [0, 0.1) is 24.0 Å². The zero-order chi connectivity index (χ0) is 26.1. The quantitative estimate of drug-likeness (QED) is 0.210. The van der Waals surface area contributed by atoms with Gasteiger partial charge in [-0.15, -0.1) is 0 Å². The number of aryl methyl sites for hydroxylation is 1. The number of nitro benzene ring substituents is 1. The molecule has 188 valence electrons. The number of rotatable bonds is 7. The molecule has 1 fully saturated rings. The van der Waals surface area contributed by atoms with Crippen LogP contribution in [0.1, 0.15) is 40.3 Å². The van der Waals surface area contributed by atoms with Gasteiger partial charge in [0.2, 0.25) is 0 Å². The van der Waals surface area contributed by atoms with Crippen molar-refractivity contribution in [3.63, 3.8) is 0 Å².